The molecule has 4 rings (SSSR count). The predicted molar refractivity (Wildman–Crippen MR) is 99.4 cm³/mol. The Bertz CT molecular complexity index is 1060. The van der Waals surface area contributed by atoms with Crippen molar-refractivity contribution in [2.24, 2.45) is 5.16 Å². The molecule has 0 saturated carbocycles. The molecule has 0 atom stereocenters. The maximum Gasteiger partial charge on any atom is 0.151 e. The second kappa shape index (κ2) is 5.90. The van der Waals surface area contributed by atoms with Crippen molar-refractivity contribution in [3.63, 3.8) is 0 Å². The summed E-state index contributed by atoms with van der Waals surface area (Å²) in [6.45, 7) is 0. The van der Waals surface area contributed by atoms with Crippen molar-refractivity contribution in [1.82, 2.24) is 9.97 Å². The Balaban J connectivity index is 1.92. The van der Waals surface area contributed by atoms with Gasteiger partial charge < -0.3 is 10.6 Å². The third-order valence-corrected chi connectivity index (χ3v) is 4.77. The van der Waals surface area contributed by atoms with E-state index in [1.165, 1.54) is 18.4 Å². The third kappa shape index (κ3) is 2.47. The number of thiazole rings is 1. The highest BCUT2D eigenvalue weighted by Gasteiger charge is 2.12. The summed E-state index contributed by atoms with van der Waals surface area (Å²) in [4.78, 5) is 13.7. The van der Waals surface area contributed by atoms with Crippen LogP contribution in [0.5, 0.6) is 0 Å². The number of fused-ring (bicyclic) bond motifs is 3. The molecule has 118 valence electrons. The van der Waals surface area contributed by atoms with Crippen LogP contribution in [-0.4, -0.2) is 23.3 Å². The van der Waals surface area contributed by atoms with E-state index < -0.39 is 0 Å². The van der Waals surface area contributed by atoms with E-state index >= 15 is 0 Å². The molecule has 2 aromatic carbocycles. The molecule has 0 bridgehead atoms. The summed E-state index contributed by atoms with van der Waals surface area (Å²) in [5.74, 6) is 0.427. The molecule has 0 amide bonds. The number of hydrogen-bond acceptors (Lipinski definition) is 6. The Morgan fingerprint density at radius 2 is 1.92 bits per heavy atom. The van der Waals surface area contributed by atoms with Gasteiger partial charge in [-0.25, -0.2) is 9.97 Å². The number of anilines is 1. The fourth-order valence-electron chi connectivity index (χ4n) is 2.65. The molecule has 0 fully saturated rings. The third-order valence-electron chi connectivity index (χ3n) is 3.75. The average Bonchev–Trinajstić information content (AvgIpc) is 3.05. The van der Waals surface area contributed by atoms with Crippen molar-refractivity contribution < 1.29 is 4.84 Å². The fraction of sp³-hybridized carbons (Fsp3) is 0.0556. The molecule has 2 heterocycles. The lowest BCUT2D eigenvalue weighted by molar-refractivity contribution is 0.215. The number of benzene rings is 2. The molecule has 0 aliphatic heterocycles. The minimum absolute atomic E-state index is 0.427. The summed E-state index contributed by atoms with van der Waals surface area (Å²) in [5, 5.41) is 5.53. The molecule has 6 heteroatoms. The Morgan fingerprint density at radius 3 is 2.71 bits per heavy atom. The number of nitrogen functional groups attached to an aromatic ring is 1. The molecular formula is C18H14N4OS. The average molecular weight is 334 g/mol. The van der Waals surface area contributed by atoms with Crippen LogP contribution in [0.1, 0.15) is 5.01 Å². The van der Waals surface area contributed by atoms with Crippen LogP contribution in [0, 0.1) is 0 Å². The van der Waals surface area contributed by atoms with Gasteiger partial charge in [0, 0.05) is 5.39 Å². The van der Waals surface area contributed by atoms with Crippen molar-refractivity contribution in [1.29, 1.82) is 0 Å². The van der Waals surface area contributed by atoms with Crippen LogP contribution >= 0.6 is 11.3 Å². The van der Waals surface area contributed by atoms with E-state index in [-0.39, 0.29) is 0 Å². The Hall–Kier alpha value is -2.99. The Morgan fingerprint density at radius 1 is 1.08 bits per heavy atom. The molecule has 0 aliphatic rings. The van der Waals surface area contributed by atoms with Gasteiger partial charge in [0.05, 0.1) is 10.2 Å². The molecule has 4 aromatic rings. The number of aromatic nitrogens is 2. The van der Waals surface area contributed by atoms with Gasteiger partial charge in [0.25, 0.3) is 0 Å². The number of hydrogen-bond donors (Lipinski definition) is 1. The minimum atomic E-state index is 0.427. The smallest absolute Gasteiger partial charge is 0.151 e. The van der Waals surface area contributed by atoms with Crippen LogP contribution in [0.4, 0.5) is 5.82 Å². The van der Waals surface area contributed by atoms with Crippen molar-refractivity contribution in [2.75, 3.05) is 12.8 Å². The number of rotatable bonds is 3. The first kappa shape index (κ1) is 14.6. The zero-order valence-electron chi connectivity index (χ0n) is 12.9. The topological polar surface area (TPSA) is 73.4 Å². The van der Waals surface area contributed by atoms with Crippen LogP contribution in [-0.2, 0) is 4.84 Å². The van der Waals surface area contributed by atoms with Gasteiger partial charge in [0.1, 0.15) is 23.8 Å². The van der Waals surface area contributed by atoms with Crippen LogP contribution in [0.15, 0.2) is 53.7 Å². The molecule has 24 heavy (non-hydrogen) atoms. The lowest BCUT2D eigenvalue weighted by Gasteiger charge is -2.05. The molecule has 0 unspecified atom stereocenters. The van der Waals surface area contributed by atoms with Gasteiger partial charge in [0.15, 0.2) is 5.82 Å². The summed E-state index contributed by atoms with van der Waals surface area (Å²) >= 11 is 1.52. The van der Waals surface area contributed by atoms with Crippen LogP contribution in [0.2, 0.25) is 0 Å². The first-order valence-electron chi connectivity index (χ1n) is 7.38. The molecular weight excluding hydrogens is 320 g/mol. The van der Waals surface area contributed by atoms with Gasteiger partial charge in [-0.3, -0.25) is 0 Å². The lowest BCUT2D eigenvalue weighted by Crippen LogP contribution is -1.93. The predicted octanol–water partition coefficient (Wildman–Crippen LogP) is 4.07. The molecule has 0 spiro atoms. The van der Waals surface area contributed by atoms with Crippen molar-refractivity contribution >= 4 is 44.5 Å². The monoisotopic (exact) mass is 334 g/mol. The largest absolute Gasteiger partial charge is 0.399 e. The van der Waals surface area contributed by atoms with E-state index in [2.05, 4.69) is 45.5 Å². The molecule has 0 aliphatic carbocycles. The molecule has 2 N–H and O–H groups in total. The van der Waals surface area contributed by atoms with E-state index in [1.54, 1.807) is 6.21 Å². The van der Waals surface area contributed by atoms with Crippen LogP contribution < -0.4 is 5.73 Å². The first-order valence-corrected chi connectivity index (χ1v) is 8.19. The summed E-state index contributed by atoms with van der Waals surface area (Å²) in [7, 11) is 1.50. The van der Waals surface area contributed by atoms with Crippen LogP contribution in [0.3, 0.4) is 0 Å². The number of pyridine rings is 1. The lowest BCUT2D eigenvalue weighted by atomic mass is 10.0. The maximum atomic E-state index is 6.11. The highest BCUT2D eigenvalue weighted by Crippen LogP contribution is 2.34. The Labute approximate surface area is 142 Å². The van der Waals surface area contributed by atoms with Gasteiger partial charge in [-0.1, -0.05) is 47.6 Å². The maximum absolute atomic E-state index is 6.11. The molecule has 5 nitrogen and oxygen atoms in total. The fourth-order valence-corrected chi connectivity index (χ4v) is 3.63. The van der Waals surface area contributed by atoms with E-state index in [0.717, 1.165) is 31.7 Å². The van der Waals surface area contributed by atoms with Gasteiger partial charge >= 0.3 is 0 Å². The van der Waals surface area contributed by atoms with Crippen molar-refractivity contribution in [2.45, 2.75) is 0 Å². The van der Waals surface area contributed by atoms with Crippen molar-refractivity contribution in [3.05, 3.63) is 53.5 Å². The summed E-state index contributed by atoms with van der Waals surface area (Å²) < 4.78 is 1.01. The second-order valence-corrected chi connectivity index (χ2v) is 6.27. The second-order valence-electron chi connectivity index (χ2n) is 5.24. The highest BCUT2D eigenvalue weighted by atomic mass is 32.1. The van der Waals surface area contributed by atoms with Gasteiger partial charge in [-0.2, -0.15) is 0 Å². The van der Waals surface area contributed by atoms with E-state index in [1.807, 2.05) is 18.2 Å². The summed E-state index contributed by atoms with van der Waals surface area (Å²) in [6.07, 6.45) is 1.58. The van der Waals surface area contributed by atoms with E-state index in [4.69, 9.17) is 10.6 Å². The first-order chi connectivity index (χ1) is 11.8. The summed E-state index contributed by atoms with van der Waals surface area (Å²) in [5.41, 5.74) is 9.94. The standard InChI is InChI=1S/C18H14N4OS/c1-23-20-10-15-22-16-17(24-15)13-8-7-12(9-14(13)21-18(16)19)11-5-3-2-4-6-11/h2-10H,1H3,(H2,19,21)/b20-10+. The highest BCUT2D eigenvalue weighted by molar-refractivity contribution is 7.21. The zero-order chi connectivity index (χ0) is 16.5. The van der Waals surface area contributed by atoms with Gasteiger partial charge in [0.2, 0.25) is 0 Å². The number of nitrogens with zero attached hydrogens (tertiary/aromatic N) is 3. The minimum Gasteiger partial charge on any atom is -0.399 e. The zero-order valence-corrected chi connectivity index (χ0v) is 13.7. The molecule has 0 saturated heterocycles. The van der Waals surface area contributed by atoms with Gasteiger partial charge in [-0.05, 0) is 17.2 Å². The Kier molecular flexibility index (Phi) is 3.59. The SMILES string of the molecule is CO/N=C/c1nc2c(N)nc3cc(-c4ccccc4)ccc3c2s1. The normalized spacial score (nSPS) is 11.5. The quantitative estimate of drug-likeness (QED) is 0.453. The van der Waals surface area contributed by atoms with Gasteiger partial charge in [-0.15, -0.1) is 11.3 Å². The number of nitrogens with two attached hydrogens (primary N) is 1. The van der Waals surface area contributed by atoms with Crippen molar-refractivity contribution in [3.8, 4) is 11.1 Å². The van der Waals surface area contributed by atoms with E-state index in [0.29, 0.717) is 11.3 Å². The summed E-state index contributed by atoms with van der Waals surface area (Å²) in [6, 6.07) is 16.4. The molecule has 2 aromatic heterocycles. The van der Waals surface area contributed by atoms with E-state index in [9.17, 15) is 0 Å². The molecule has 0 radical (unpaired) electrons. The number of oxime groups is 1. The van der Waals surface area contributed by atoms with Crippen LogP contribution in [0.25, 0.3) is 32.2 Å².